The van der Waals surface area contributed by atoms with Crippen molar-refractivity contribution in [2.24, 2.45) is 0 Å². The number of pyridine rings is 2. The monoisotopic (exact) mass is 644 g/mol. The molecule has 5 aromatic carbocycles. The summed E-state index contributed by atoms with van der Waals surface area (Å²) in [5.41, 5.74) is 13.6. The van der Waals surface area contributed by atoms with Crippen LogP contribution < -0.4 is 0 Å². The van der Waals surface area contributed by atoms with E-state index in [1.54, 1.807) is 0 Å². The summed E-state index contributed by atoms with van der Waals surface area (Å²) in [5, 5.41) is 0. The minimum Gasteiger partial charge on any atom is -0.256 e. The molecule has 0 unspecified atom stereocenters. The predicted molar refractivity (Wildman–Crippen MR) is 206 cm³/mol. The van der Waals surface area contributed by atoms with Crippen molar-refractivity contribution in [1.29, 1.82) is 0 Å². The summed E-state index contributed by atoms with van der Waals surface area (Å²) >= 11 is 0. The van der Waals surface area contributed by atoms with Gasteiger partial charge in [0.1, 0.15) is 0 Å². The van der Waals surface area contributed by atoms with Crippen LogP contribution >= 0.6 is 19.9 Å². The fraction of sp³-hybridized carbons (Fsp3) is 0.0698. The maximum absolute atomic E-state index is 4.86. The minimum absolute atomic E-state index is 0.976. The van der Waals surface area contributed by atoms with Crippen LogP contribution in [0.1, 0.15) is 0 Å². The van der Waals surface area contributed by atoms with Crippen LogP contribution in [0.3, 0.4) is 0 Å². The first kappa shape index (κ1) is 30.7. The highest BCUT2D eigenvalue weighted by Crippen LogP contribution is 2.60. The summed E-state index contributed by atoms with van der Waals surface area (Å²) in [6.45, 7) is 0. The van der Waals surface area contributed by atoms with Crippen molar-refractivity contribution in [3.05, 3.63) is 164 Å². The van der Waals surface area contributed by atoms with Crippen molar-refractivity contribution < 1.29 is 0 Å². The van der Waals surface area contributed by atoms with E-state index in [1.165, 1.54) is 38.3 Å². The van der Waals surface area contributed by atoms with Gasteiger partial charge in [-0.3, -0.25) is 9.97 Å². The van der Waals surface area contributed by atoms with Gasteiger partial charge in [0.15, 0.2) is 0 Å². The highest BCUT2D eigenvalue weighted by Gasteiger charge is 2.19. The van der Waals surface area contributed by atoms with E-state index in [1.807, 2.05) is 35.3 Å². The molecule has 0 saturated heterocycles. The van der Waals surface area contributed by atoms with Crippen molar-refractivity contribution in [2.75, 3.05) is 18.8 Å². The van der Waals surface area contributed by atoms with Crippen molar-refractivity contribution >= 4 is 19.9 Å². The summed E-state index contributed by atoms with van der Waals surface area (Å²) in [6.07, 6.45) is 11.0. The van der Waals surface area contributed by atoms with Gasteiger partial charge in [0.05, 0.1) is 11.4 Å². The number of benzene rings is 5. The average molecular weight is 645 g/mol. The molecule has 47 heavy (non-hydrogen) atoms. The Morgan fingerprint density at radius 2 is 0.787 bits per heavy atom. The van der Waals surface area contributed by atoms with E-state index in [-0.39, 0.29) is 0 Å². The second-order valence-corrected chi connectivity index (χ2v) is 18.6. The smallest absolute Gasteiger partial charge is 0.0702 e. The standard InChI is InChI=1S/C43H36N2S2/c1-46-47(2,3)37-27-35(40-20-12-10-18-38(40)33-22-24-42(44-29-33)31-14-6-4-7-15-31)26-36(28-37)41-21-13-11-19-39(41)34-23-25-43(45-30-34)32-16-8-5-9-17-32/h4-30H,1-3H3. The molecule has 2 heterocycles. The van der Waals surface area contributed by atoms with Crippen LogP contribution in [0.15, 0.2) is 169 Å². The van der Waals surface area contributed by atoms with E-state index < -0.39 is 9.06 Å². The zero-order chi connectivity index (χ0) is 32.2. The summed E-state index contributed by atoms with van der Waals surface area (Å²) < 4.78 is 0. The number of aromatic nitrogens is 2. The van der Waals surface area contributed by atoms with Crippen LogP contribution in [0.2, 0.25) is 0 Å². The molecule has 0 saturated carbocycles. The fourth-order valence-electron chi connectivity index (χ4n) is 5.93. The molecular weight excluding hydrogens is 609 g/mol. The third-order valence-corrected chi connectivity index (χ3v) is 13.9. The van der Waals surface area contributed by atoms with Gasteiger partial charge in [-0.15, -0.1) is 10.8 Å². The Balaban J connectivity index is 1.33. The number of hydrogen-bond donors (Lipinski definition) is 0. The molecule has 0 spiro atoms. The molecule has 0 aliphatic rings. The molecule has 2 nitrogen and oxygen atoms in total. The van der Waals surface area contributed by atoms with Gasteiger partial charge in [-0.2, -0.15) is 9.06 Å². The van der Waals surface area contributed by atoms with Crippen LogP contribution in [0, 0.1) is 0 Å². The molecule has 230 valence electrons. The fourth-order valence-corrected chi connectivity index (χ4v) is 7.81. The Hall–Kier alpha value is -4.90. The van der Waals surface area contributed by atoms with Gasteiger partial charge in [0.25, 0.3) is 0 Å². The van der Waals surface area contributed by atoms with Crippen LogP contribution in [0.4, 0.5) is 0 Å². The Labute approximate surface area is 283 Å². The van der Waals surface area contributed by atoms with Gasteiger partial charge in [-0.25, -0.2) is 0 Å². The van der Waals surface area contributed by atoms with Gasteiger partial charge in [0, 0.05) is 34.6 Å². The lowest BCUT2D eigenvalue weighted by Gasteiger charge is -2.30. The van der Waals surface area contributed by atoms with Crippen molar-refractivity contribution in [3.63, 3.8) is 0 Å². The second-order valence-electron chi connectivity index (χ2n) is 11.8. The topological polar surface area (TPSA) is 25.8 Å². The summed E-state index contributed by atoms with van der Waals surface area (Å²) in [4.78, 5) is 11.1. The molecule has 0 radical (unpaired) electrons. The molecule has 0 aliphatic heterocycles. The lowest BCUT2D eigenvalue weighted by Crippen LogP contribution is -1.95. The van der Waals surface area contributed by atoms with Gasteiger partial charge in [-0.05, 0) is 87.4 Å². The van der Waals surface area contributed by atoms with Crippen LogP contribution in [0.25, 0.3) is 67.0 Å². The van der Waals surface area contributed by atoms with E-state index in [0.717, 1.165) is 33.6 Å². The molecule has 2 aromatic heterocycles. The Kier molecular flexibility index (Phi) is 8.80. The molecule has 7 aromatic rings. The molecule has 0 amide bonds. The predicted octanol–water partition coefficient (Wildman–Crippen LogP) is 12.2. The second kappa shape index (κ2) is 13.4. The molecule has 0 N–H and O–H groups in total. The van der Waals surface area contributed by atoms with Gasteiger partial charge in [0.2, 0.25) is 0 Å². The van der Waals surface area contributed by atoms with Crippen LogP contribution in [-0.4, -0.2) is 28.7 Å². The molecule has 0 atom stereocenters. The third kappa shape index (κ3) is 6.53. The van der Waals surface area contributed by atoms with Gasteiger partial charge in [-0.1, -0.05) is 121 Å². The molecule has 7 rings (SSSR count). The maximum Gasteiger partial charge on any atom is 0.0702 e. The highest BCUT2D eigenvalue weighted by atomic mass is 33.2. The van der Waals surface area contributed by atoms with Gasteiger partial charge >= 0.3 is 0 Å². The molecule has 0 aliphatic carbocycles. The first-order chi connectivity index (χ1) is 23.0. The van der Waals surface area contributed by atoms with Crippen molar-refractivity contribution in [1.82, 2.24) is 9.97 Å². The van der Waals surface area contributed by atoms with E-state index in [9.17, 15) is 0 Å². The Morgan fingerprint density at radius 3 is 1.15 bits per heavy atom. The zero-order valence-corrected chi connectivity index (χ0v) is 28.4. The first-order valence-corrected chi connectivity index (χ1v) is 19.9. The van der Waals surface area contributed by atoms with E-state index in [4.69, 9.17) is 9.97 Å². The molecular formula is C43H36N2S2. The van der Waals surface area contributed by atoms with Crippen molar-refractivity contribution in [3.8, 4) is 67.0 Å². The van der Waals surface area contributed by atoms with Crippen molar-refractivity contribution in [2.45, 2.75) is 4.90 Å². The highest BCUT2D eigenvalue weighted by molar-refractivity contribution is 8.93. The number of rotatable bonds is 8. The SMILES string of the molecule is CSS(C)(C)c1cc(-c2ccccc2-c2ccc(-c3ccccc3)nc2)cc(-c2ccccc2-c2ccc(-c3ccccc3)nc2)c1. The third-order valence-electron chi connectivity index (χ3n) is 8.66. The summed E-state index contributed by atoms with van der Waals surface area (Å²) in [7, 11) is 0.857. The lowest BCUT2D eigenvalue weighted by molar-refractivity contribution is 1.32. The van der Waals surface area contributed by atoms with E-state index >= 15 is 0 Å². The number of hydrogen-bond acceptors (Lipinski definition) is 3. The Morgan fingerprint density at radius 1 is 0.404 bits per heavy atom. The minimum atomic E-state index is -1.09. The zero-order valence-electron chi connectivity index (χ0n) is 26.8. The quantitative estimate of drug-likeness (QED) is 0.154. The molecule has 0 bridgehead atoms. The van der Waals surface area contributed by atoms with E-state index in [2.05, 4.69) is 158 Å². The number of nitrogens with zero attached hydrogens (tertiary/aromatic N) is 2. The van der Waals surface area contributed by atoms with Crippen LogP contribution in [-0.2, 0) is 0 Å². The summed E-state index contributed by atoms with van der Waals surface area (Å²) in [5.74, 6) is 0. The van der Waals surface area contributed by atoms with E-state index in [0.29, 0.717) is 0 Å². The molecule has 4 heteroatoms. The normalized spacial score (nSPS) is 11.7. The van der Waals surface area contributed by atoms with Crippen LogP contribution in [0.5, 0.6) is 0 Å². The summed E-state index contributed by atoms with van der Waals surface area (Å²) in [6, 6.07) is 53.9. The maximum atomic E-state index is 4.86. The first-order valence-electron chi connectivity index (χ1n) is 15.7. The Bertz CT molecular complexity index is 1980. The average Bonchev–Trinajstić information content (AvgIpc) is 3.15. The molecule has 0 fully saturated rings. The van der Waals surface area contributed by atoms with Gasteiger partial charge < -0.3 is 0 Å². The largest absolute Gasteiger partial charge is 0.256 e. The lowest BCUT2D eigenvalue weighted by atomic mass is 9.90.